The minimum atomic E-state index is -1.02. The molecular weight excluding hydrogens is 858 g/mol. The Morgan fingerprint density at radius 2 is 0.954 bits per heavy atom. The van der Waals surface area contributed by atoms with Gasteiger partial charge in [0.15, 0.2) is 0 Å². The average Bonchev–Trinajstić information content (AvgIpc) is 3.52. The van der Waals surface area contributed by atoms with Crippen LogP contribution in [0.1, 0.15) is 60.7 Å². The number of benzene rings is 1. The first-order valence-corrected chi connectivity index (χ1v) is 22.3. The Kier molecular flexibility index (Phi) is 29.6. The Morgan fingerprint density at radius 1 is 0.569 bits per heavy atom. The maximum absolute atomic E-state index is 13.2. The molecule has 0 radical (unpaired) electrons. The Morgan fingerprint density at radius 3 is 1.34 bits per heavy atom. The topological polar surface area (TPSA) is 233 Å². The van der Waals surface area contributed by atoms with Crippen LogP contribution in [0.15, 0.2) is 18.2 Å². The van der Waals surface area contributed by atoms with E-state index in [4.69, 9.17) is 61.6 Å². The lowest BCUT2D eigenvalue weighted by Gasteiger charge is -2.27. The van der Waals surface area contributed by atoms with E-state index < -0.39 is 35.3 Å². The number of rotatable bonds is 41. The molecule has 3 rings (SSSR count). The molecule has 2 N–H and O–H groups in total. The van der Waals surface area contributed by atoms with Gasteiger partial charge in [0.05, 0.1) is 176 Å². The normalized spacial score (nSPS) is 15.2. The van der Waals surface area contributed by atoms with Crippen molar-refractivity contribution in [1.82, 2.24) is 10.2 Å². The van der Waals surface area contributed by atoms with Crippen molar-refractivity contribution < 1.29 is 85.6 Å². The molecule has 370 valence electrons. The second-order valence-electron chi connectivity index (χ2n) is 15.3. The lowest BCUT2D eigenvalue weighted by atomic mass is 10.0. The van der Waals surface area contributed by atoms with Gasteiger partial charge in [-0.3, -0.25) is 34.2 Å². The number of fused-ring (bicyclic) bond motifs is 1. The molecule has 4 amide bonds. The predicted octanol–water partition coefficient (Wildman–Crippen LogP) is 1.43. The Bertz CT molecular complexity index is 1510. The largest absolute Gasteiger partial charge is 0.460 e. The van der Waals surface area contributed by atoms with Crippen LogP contribution >= 0.6 is 0 Å². The van der Waals surface area contributed by atoms with E-state index in [2.05, 4.69) is 10.6 Å². The smallest absolute Gasteiger partial charge is 0.308 e. The van der Waals surface area contributed by atoms with Crippen LogP contribution in [0, 0.1) is 0 Å². The Labute approximate surface area is 381 Å². The van der Waals surface area contributed by atoms with Gasteiger partial charge >= 0.3 is 5.97 Å². The number of ether oxygens (including phenoxy) is 13. The average molecular weight is 930 g/mol. The van der Waals surface area contributed by atoms with E-state index in [0.29, 0.717) is 171 Å². The lowest BCUT2D eigenvalue weighted by Crippen LogP contribution is -2.54. The summed E-state index contributed by atoms with van der Waals surface area (Å²) in [5.41, 5.74) is 0.406. The SMILES string of the molecule is CC(C)(C)OC(=O)CCOCCOCCOCCOCCOCCOCCOCCOCCOCCOCCOCCOCCNc1cccc2c1C(=O)N(C1CCC(=O)NC1=O)C2=O. The summed E-state index contributed by atoms with van der Waals surface area (Å²) in [4.78, 5) is 62.5. The van der Waals surface area contributed by atoms with Crippen molar-refractivity contribution in [2.24, 2.45) is 0 Å². The fraction of sp³-hybridized carbons (Fsp3) is 0.750. The number of hydrogen-bond donors (Lipinski definition) is 2. The molecule has 1 fully saturated rings. The Hall–Kier alpha value is -3.71. The van der Waals surface area contributed by atoms with Crippen molar-refractivity contribution in [3.05, 3.63) is 29.3 Å². The van der Waals surface area contributed by atoms with E-state index in [1.807, 2.05) is 20.8 Å². The van der Waals surface area contributed by atoms with Gasteiger partial charge in [-0.15, -0.1) is 0 Å². The van der Waals surface area contributed by atoms with Gasteiger partial charge in [-0.1, -0.05) is 6.07 Å². The molecule has 1 unspecified atom stereocenters. The van der Waals surface area contributed by atoms with Crippen LogP contribution in [0.3, 0.4) is 0 Å². The highest BCUT2D eigenvalue weighted by molar-refractivity contribution is 6.25. The third-order valence-corrected chi connectivity index (χ3v) is 8.99. The lowest BCUT2D eigenvalue weighted by molar-refractivity contribution is -0.156. The van der Waals surface area contributed by atoms with Crippen LogP contribution in [-0.2, 0) is 76.0 Å². The summed E-state index contributed by atoms with van der Waals surface area (Å²) in [6.45, 7) is 16.3. The number of imide groups is 2. The molecule has 0 aliphatic carbocycles. The molecule has 1 saturated heterocycles. The van der Waals surface area contributed by atoms with Gasteiger partial charge in [-0.2, -0.15) is 0 Å². The number of carbonyl (C=O) groups excluding carboxylic acids is 5. The zero-order valence-corrected chi connectivity index (χ0v) is 38.4. The Balaban J connectivity index is 0.957. The van der Waals surface area contributed by atoms with Crippen molar-refractivity contribution in [3.8, 4) is 0 Å². The van der Waals surface area contributed by atoms with Gasteiger partial charge in [0.25, 0.3) is 11.8 Å². The number of amides is 4. The summed E-state index contributed by atoms with van der Waals surface area (Å²) in [6.07, 6.45) is 0.379. The van der Waals surface area contributed by atoms with Gasteiger partial charge in [0.2, 0.25) is 11.8 Å². The van der Waals surface area contributed by atoms with E-state index in [1.165, 1.54) is 0 Å². The van der Waals surface area contributed by atoms with Crippen molar-refractivity contribution in [2.45, 2.75) is 51.7 Å². The van der Waals surface area contributed by atoms with Crippen molar-refractivity contribution >= 4 is 35.3 Å². The quantitative estimate of drug-likeness (QED) is 0.0537. The minimum absolute atomic E-state index is 0.0612. The number of anilines is 1. The first-order chi connectivity index (χ1) is 31.6. The molecule has 1 aromatic carbocycles. The monoisotopic (exact) mass is 929 g/mol. The second-order valence-corrected chi connectivity index (χ2v) is 15.3. The molecule has 2 aliphatic heterocycles. The minimum Gasteiger partial charge on any atom is -0.460 e. The van der Waals surface area contributed by atoms with Crippen LogP contribution in [0.25, 0.3) is 0 Å². The predicted molar refractivity (Wildman–Crippen MR) is 232 cm³/mol. The highest BCUT2D eigenvalue weighted by Gasteiger charge is 2.45. The molecule has 0 aromatic heterocycles. The summed E-state index contributed by atoms with van der Waals surface area (Å²) < 4.78 is 71.1. The van der Waals surface area contributed by atoms with Crippen molar-refractivity contribution in [2.75, 3.05) is 170 Å². The van der Waals surface area contributed by atoms with E-state index in [9.17, 15) is 24.0 Å². The number of hydrogen-bond acceptors (Lipinski definition) is 19. The summed E-state index contributed by atoms with van der Waals surface area (Å²) in [6, 6.07) is 3.89. The molecule has 0 saturated carbocycles. The summed E-state index contributed by atoms with van der Waals surface area (Å²) in [5.74, 6) is -2.46. The van der Waals surface area contributed by atoms with Gasteiger partial charge in [0, 0.05) is 18.7 Å². The molecule has 1 atom stereocenters. The third kappa shape index (κ3) is 25.1. The zero-order chi connectivity index (χ0) is 46.8. The van der Waals surface area contributed by atoms with Gasteiger partial charge < -0.3 is 66.9 Å². The fourth-order valence-electron chi connectivity index (χ4n) is 5.99. The van der Waals surface area contributed by atoms with E-state index in [-0.39, 0.29) is 36.4 Å². The summed E-state index contributed by atoms with van der Waals surface area (Å²) >= 11 is 0. The molecule has 0 bridgehead atoms. The fourth-order valence-corrected chi connectivity index (χ4v) is 5.99. The molecule has 21 heteroatoms. The maximum atomic E-state index is 13.2. The highest BCUT2D eigenvalue weighted by Crippen LogP contribution is 2.32. The zero-order valence-electron chi connectivity index (χ0n) is 38.4. The first kappa shape index (κ1) is 55.6. The number of nitrogens with zero attached hydrogens (tertiary/aromatic N) is 1. The van der Waals surface area contributed by atoms with Crippen LogP contribution in [0.2, 0.25) is 0 Å². The third-order valence-electron chi connectivity index (χ3n) is 8.99. The van der Waals surface area contributed by atoms with Crippen LogP contribution in [0.5, 0.6) is 0 Å². The molecule has 65 heavy (non-hydrogen) atoms. The van der Waals surface area contributed by atoms with Gasteiger partial charge in [-0.05, 0) is 39.3 Å². The molecule has 0 spiro atoms. The molecule has 1 aromatic rings. The van der Waals surface area contributed by atoms with Crippen molar-refractivity contribution in [1.29, 1.82) is 0 Å². The highest BCUT2D eigenvalue weighted by atomic mass is 16.6. The first-order valence-electron chi connectivity index (χ1n) is 22.3. The molecule has 2 aliphatic rings. The van der Waals surface area contributed by atoms with Crippen LogP contribution in [-0.4, -0.2) is 211 Å². The number of esters is 1. The van der Waals surface area contributed by atoms with Gasteiger partial charge in [0.1, 0.15) is 11.6 Å². The van der Waals surface area contributed by atoms with Crippen LogP contribution < -0.4 is 10.6 Å². The van der Waals surface area contributed by atoms with E-state index in [0.717, 1.165) is 4.90 Å². The van der Waals surface area contributed by atoms with Crippen molar-refractivity contribution in [3.63, 3.8) is 0 Å². The number of nitrogens with one attached hydrogen (secondary N) is 2. The summed E-state index contributed by atoms with van der Waals surface area (Å²) in [5, 5.41) is 5.33. The maximum Gasteiger partial charge on any atom is 0.308 e. The standard InChI is InChI=1S/C44H71N3O18/c1-44(2,3)65-39(49)9-11-53-13-15-55-17-19-57-21-23-59-25-27-61-29-31-63-33-34-64-32-30-62-28-26-60-24-22-58-20-18-56-16-14-54-12-10-45-36-6-4-5-35-40(36)43(52)47(42(35)51)37-7-8-38(48)46-41(37)50/h4-6,37,45H,7-34H2,1-3H3,(H,46,48,50). The molecule has 21 nitrogen and oxygen atoms in total. The summed E-state index contributed by atoms with van der Waals surface area (Å²) in [7, 11) is 0. The number of carbonyl (C=O) groups is 5. The van der Waals surface area contributed by atoms with E-state index >= 15 is 0 Å². The van der Waals surface area contributed by atoms with E-state index in [1.54, 1.807) is 18.2 Å². The van der Waals surface area contributed by atoms with Crippen LogP contribution in [0.4, 0.5) is 5.69 Å². The number of piperidine rings is 1. The van der Waals surface area contributed by atoms with Gasteiger partial charge in [-0.25, -0.2) is 0 Å². The molecule has 2 heterocycles. The second kappa shape index (κ2) is 34.6. The molecular formula is C44H71N3O18.